The van der Waals surface area contributed by atoms with Crippen LogP contribution in [0, 0.1) is 5.92 Å². The minimum absolute atomic E-state index is 0.106. The Kier molecular flexibility index (Phi) is 12.2. The molecular formula is C21H38N2O6. The minimum Gasteiger partial charge on any atom is -0.467 e. The van der Waals surface area contributed by atoms with Crippen LogP contribution in [0.5, 0.6) is 0 Å². The van der Waals surface area contributed by atoms with Crippen LogP contribution in [0.25, 0.3) is 0 Å². The number of nitrogens with one attached hydrogen (secondary N) is 2. The second-order valence-electron chi connectivity index (χ2n) is 8.24. The molecule has 2 unspecified atom stereocenters. The lowest BCUT2D eigenvalue weighted by Gasteiger charge is -2.26. The fourth-order valence-electron chi connectivity index (χ4n) is 2.67. The van der Waals surface area contributed by atoms with Gasteiger partial charge in [0.05, 0.1) is 7.11 Å². The third-order valence-corrected chi connectivity index (χ3v) is 4.40. The van der Waals surface area contributed by atoms with E-state index in [-0.39, 0.29) is 30.6 Å². The molecule has 0 heterocycles. The number of methoxy groups -OCH3 is 1. The van der Waals surface area contributed by atoms with Crippen molar-refractivity contribution in [3.05, 3.63) is 0 Å². The Balaban J connectivity index is 4.81. The molecular weight excluding hydrogens is 376 g/mol. The molecule has 2 amide bonds. The number of amides is 2. The zero-order valence-corrected chi connectivity index (χ0v) is 18.9. The molecule has 0 rings (SSSR count). The van der Waals surface area contributed by atoms with Crippen LogP contribution in [-0.2, 0) is 28.7 Å². The maximum absolute atomic E-state index is 12.7. The van der Waals surface area contributed by atoms with Gasteiger partial charge in [-0.05, 0) is 39.5 Å². The molecule has 0 aromatic rings. The number of esters is 2. The Labute approximate surface area is 174 Å². The highest BCUT2D eigenvalue weighted by Gasteiger charge is 2.29. The van der Waals surface area contributed by atoms with Gasteiger partial charge in [-0.15, -0.1) is 0 Å². The van der Waals surface area contributed by atoms with E-state index in [9.17, 15) is 19.2 Å². The average molecular weight is 415 g/mol. The van der Waals surface area contributed by atoms with Gasteiger partial charge in [0.1, 0.15) is 17.7 Å². The fourth-order valence-corrected chi connectivity index (χ4v) is 2.67. The summed E-state index contributed by atoms with van der Waals surface area (Å²) in [5.74, 6) is -1.72. The SMILES string of the molecule is CCC[C@H](NC(=O)C(NC(=O)CCCC(=O)OC(C)(C)C)C(C)CC)C(=O)OC. The van der Waals surface area contributed by atoms with E-state index in [0.29, 0.717) is 25.7 Å². The van der Waals surface area contributed by atoms with E-state index in [0.717, 1.165) is 0 Å². The topological polar surface area (TPSA) is 111 Å². The predicted molar refractivity (Wildman–Crippen MR) is 110 cm³/mol. The molecule has 0 saturated carbocycles. The minimum atomic E-state index is -0.766. The van der Waals surface area contributed by atoms with Crippen molar-refractivity contribution in [2.75, 3.05) is 7.11 Å². The Morgan fingerprint density at radius 1 is 1.00 bits per heavy atom. The third-order valence-electron chi connectivity index (χ3n) is 4.40. The van der Waals surface area contributed by atoms with Crippen molar-refractivity contribution in [2.24, 2.45) is 5.92 Å². The first kappa shape index (κ1) is 26.9. The molecule has 0 aliphatic rings. The Morgan fingerprint density at radius 2 is 1.62 bits per heavy atom. The number of ether oxygens (including phenoxy) is 2. The van der Waals surface area contributed by atoms with Gasteiger partial charge >= 0.3 is 11.9 Å². The third kappa shape index (κ3) is 11.5. The molecule has 0 radical (unpaired) electrons. The van der Waals surface area contributed by atoms with Crippen LogP contribution in [0.1, 0.15) is 80.1 Å². The first-order valence-electron chi connectivity index (χ1n) is 10.3. The summed E-state index contributed by atoms with van der Waals surface area (Å²) in [7, 11) is 1.27. The number of hydrogen-bond acceptors (Lipinski definition) is 6. The Hall–Kier alpha value is -2.12. The lowest BCUT2D eigenvalue weighted by Crippen LogP contribution is -2.54. The molecule has 0 spiro atoms. The highest BCUT2D eigenvalue weighted by atomic mass is 16.6. The molecule has 2 N–H and O–H groups in total. The van der Waals surface area contributed by atoms with E-state index < -0.39 is 29.6 Å². The molecule has 0 aromatic carbocycles. The summed E-state index contributed by atoms with van der Waals surface area (Å²) in [4.78, 5) is 48.6. The van der Waals surface area contributed by atoms with E-state index in [2.05, 4.69) is 10.6 Å². The van der Waals surface area contributed by atoms with Crippen LogP contribution in [0.2, 0.25) is 0 Å². The summed E-state index contributed by atoms with van der Waals surface area (Å²) < 4.78 is 9.95. The van der Waals surface area contributed by atoms with Crippen molar-refractivity contribution in [1.29, 1.82) is 0 Å². The zero-order valence-electron chi connectivity index (χ0n) is 18.9. The summed E-state index contributed by atoms with van der Waals surface area (Å²) in [6, 6.07) is -1.51. The summed E-state index contributed by atoms with van der Waals surface area (Å²) in [6.07, 6.45) is 2.39. The fraction of sp³-hybridized carbons (Fsp3) is 0.810. The van der Waals surface area contributed by atoms with Crippen LogP contribution < -0.4 is 10.6 Å². The van der Waals surface area contributed by atoms with E-state index in [1.807, 2.05) is 20.8 Å². The van der Waals surface area contributed by atoms with Crippen molar-refractivity contribution in [3.63, 3.8) is 0 Å². The second-order valence-corrected chi connectivity index (χ2v) is 8.24. The van der Waals surface area contributed by atoms with Crippen molar-refractivity contribution in [2.45, 2.75) is 97.8 Å². The van der Waals surface area contributed by atoms with Crippen molar-refractivity contribution in [3.8, 4) is 0 Å². The van der Waals surface area contributed by atoms with Crippen LogP contribution in [0.4, 0.5) is 0 Å². The van der Waals surface area contributed by atoms with Crippen LogP contribution in [0.3, 0.4) is 0 Å². The zero-order chi connectivity index (χ0) is 22.6. The van der Waals surface area contributed by atoms with Gasteiger partial charge in [0, 0.05) is 12.8 Å². The quantitative estimate of drug-likeness (QED) is 0.475. The van der Waals surface area contributed by atoms with Gasteiger partial charge in [0.25, 0.3) is 0 Å². The van der Waals surface area contributed by atoms with E-state index in [4.69, 9.17) is 9.47 Å². The van der Waals surface area contributed by atoms with Gasteiger partial charge in [-0.25, -0.2) is 4.79 Å². The summed E-state index contributed by atoms with van der Waals surface area (Å²) >= 11 is 0. The molecule has 0 aliphatic heterocycles. The maximum atomic E-state index is 12.7. The molecule has 168 valence electrons. The van der Waals surface area contributed by atoms with Crippen molar-refractivity contribution < 1.29 is 28.7 Å². The first-order chi connectivity index (χ1) is 13.4. The molecule has 0 bridgehead atoms. The van der Waals surface area contributed by atoms with Gasteiger partial charge < -0.3 is 20.1 Å². The lowest BCUT2D eigenvalue weighted by atomic mass is 9.97. The molecule has 0 aliphatic carbocycles. The van der Waals surface area contributed by atoms with Gasteiger partial charge in [0.2, 0.25) is 11.8 Å². The lowest BCUT2D eigenvalue weighted by molar-refractivity contribution is -0.155. The van der Waals surface area contributed by atoms with Crippen molar-refractivity contribution >= 4 is 23.8 Å². The van der Waals surface area contributed by atoms with E-state index >= 15 is 0 Å². The molecule has 3 atom stereocenters. The molecule has 0 saturated heterocycles. The highest BCUT2D eigenvalue weighted by Crippen LogP contribution is 2.12. The van der Waals surface area contributed by atoms with Gasteiger partial charge in [0.15, 0.2) is 0 Å². The summed E-state index contributed by atoms with van der Waals surface area (Å²) in [5, 5.41) is 5.43. The number of carbonyl (C=O) groups is 4. The van der Waals surface area contributed by atoms with Gasteiger partial charge in [-0.3, -0.25) is 14.4 Å². The van der Waals surface area contributed by atoms with Gasteiger partial charge in [-0.1, -0.05) is 33.6 Å². The average Bonchev–Trinajstić information content (AvgIpc) is 2.62. The highest BCUT2D eigenvalue weighted by molar-refractivity contribution is 5.91. The Morgan fingerprint density at radius 3 is 2.10 bits per heavy atom. The molecule has 0 aromatic heterocycles. The van der Waals surface area contributed by atoms with Crippen LogP contribution in [-0.4, -0.2) is 48.5 Å². The first-order valence-corrected chi connectivity index (χ1v) is 10.3. The van der Waals surface area contributed by atoms with Crippen molar-refractivity contribution in [1.82, 2.24) is 10.6 Å². The number of rotatable bonds is 12. The van der Waals surface area contributed by atoms with Gasteiger partial charge in [-0.2, -0.15) is 0 Å². The maximum Gasteiger partial charge on any atom is 0.328 e. The molecule has 29 heavy (non-hydrogen) atoms. The van der Waals surface area contributed by atoms with E-state index in [1.54, 1.807) is 20.8 Å². The van der Waals surface area contributed by atoms with Crippen LogP contribution in [0.15, 0.2) is 0 Å². The standard InChI is InChI=1S/C21H38N2O6/c1-8-11-15(20(27)28-7)22-19(26)18(14(3)9-2)23-16(24)12-10-13-17(25)29-21(4,5)6/h14-15,18H,8-13H2,1-7H3,(H,22,26)(H,23,24)/t14?,15-,18?/m0/s1. The predicted octanol–water partition coefficient (Wildman–Crippen LogP) is 2.49. The van der Waals surface area contributed by atoms with E-state index in [1.165, 1.54) is 7.11 Å². The largest absolute Gasteiger partial charge is 0.467 e. The summed E-state index contributed by atoms with van der Waals surface area (Å²) in [6.45, 7) is 11.0. The Bertz CT molecular complexity index is 556. The smallest absolute Gasteiger partial charge is 0.328 e. The molecule has 8 nitrogen and oxygen atoms in total. The molecule has 0 fully saturated rings. The number of carbonyl (C=O) groups excluding carboxylic acids is 4. The monoisotopic (exact) mass is 414 g/mol. The summed E-state index contributed by atoms with van der Waals surface area (Å²) in [5.41, 5.74) is -0.562. The number of hydrogen-bond donors (Lipinski definition) is 2. The normalized spacial score (nSPS) is 14.3. The second kappa shape index (κ2) is 13.2. The molecule has 8 heteroatoms. The van der Waals surface area contributed by atoms with Crippen LogP contribution >= 0.6 is 0 Å².